The van der Waals surface area contributed by atoms with Crippen molar-refractivity contribution in [1.82, 2.24) is 9.62 Å². The molecule has 11 heteroatoms. The van der Waals surface area contributed by atoms with Crippen LogP contribution in [0.5, 0.6) is 0 Å². The first-order valence-corrected chi connectivity index (χ1v) is 8.59. The molecule has 2 rings (SSSR count). The van der Waals surface area contributed by atoms with Gasteiger partial charge in [0.2, 0.25) is 10.0 Å². The maximum atomic E-state index is 12.9. The van der Waals surface area contributed by atoms with Crippen LogP contribution in [-0.2, 0) is 10.0 Å². The Kier molecular flexibility index (Phi) is 5.45. The monoisotopic (exact) mass is 367 g/mol. The minimum atomic E-state index is -4.68. The lowest BCUT2D eigenvalue weighted by Gasteiger charge is -2.34. The van der Waals surface area contributed by atoms with Crippen LogP contribution in [0.25, 0.3) is 0 Å². The Bertz CT molecular complexity index is 685. The SMILES string of the molecule is O=[N+]([O-])c1ccc(S(=O)(=O)N(CC(F)(F)F)C2CCNCC2)cc1. The molecule has 1 aliphatic heterocycles. The van der Waals surface area contributed by atoms with Crippen LogP contribution in [0, 0.1) is 10.1 Å². The molecular weight excluding hydrogens is 351 g/mol. The van der Waals surface area contributed by atoms with E-state index in [1.165, 1.54) is 0 Å². The van der Waals surface area contributed by atoms with E-state index in [1.807, 2.05) is 0 Å². The summed E-state index contributed by atoms with van der Waals surface area (Å²) >= 11 is 0. The van der Waals surface area contributed by atoms with E-state index >= 15 is 0 Å². The van der Waals surface area contributed by atoms with Crippen LogP contribution in [0.4, 0.5) is 18.9 Å². The third kappa shape index (κ3) is 4.42. The van der Waals surface area contributed by atoms with Crippen LogP contribution < -0.4 is 5.32 Å². The molecule has 134 valence electrons. The Morgan fingerprint density at radius 2 is 1.75 bits per heavy atom. The Hall–Kier alpha value is -1.72. The molecule has 0 spiro atoms. The zero-order chi connectivity index (χ0) is 18.0. The molecule has 0 aliphatic carbocycles. The standard InChI is InChI=1S/C13H16F3N3O4S/c14-13(15,16)9-18(10-5-7-17-8-6-10)24(22,23)12-3-1-11(2-4-12)19(20)21/h1-4,10,17H,5-9H2. The summed E-state index contributed by atoms with van der Waals surface area (Å²) in [6, 6.07) is 3.06. The molecule has 0 amide bonds. The molecule has 0 radical (unpaired) electrons. The third-order valence-electron chi connectivity index (χ3n) is 3.71. The summed E-state index contributed by atoms with van der Waals surface area (Å²) in [5, 5.41) is 13.6. The first-order valence-electron chi connectivity index (χ1n) is 7.15. The Morgan fingerprint density at radius 3 is 2.21 bits per heavy atom. The van der Waals surface area contributed by atoms with Gasteiger partial charge in [0.1, 0.15) is 6.54 Å². The molecule has 0 aromatic heterocycles. The molecule has 1 fully saturated rings. The second-order valence-corrected chi connectivity index (χ2v) is 7.29. The van der Waals surface area contributed by atoms with Crippen LogP contribution in [0.15, 0.2) is 29.2 Å². The molecule has 1 aromatic carbocycles. The first-order chi connectivity index (χ1) is 11.1. The van der Waals surface area contributed by atoms with Crippen LogP contribution in [0.2, 0.25) is 0 Å². The van der Waals surface area contributed by atoms with Crippen molar-refractivity contribution < 1.29 is 26.5 Å². The predicted molar refractivity (Wildman–Crippen MR) is 78.9 cm³/mol. The maximum absolute atomic E-state index is 12.9. The molecule has 1 N–H and O–H groups in total. The molecule has 1 saturated heterocycles. The lowest BCUT2D eigenvalue weighted by Crippen LogP contribution is -2.49. The van der Waals surface area contributed by atoms with Gasteiger partial charge < -0.3 is 5.32 Å². The summed E-state index contributed by atoms with van der Waals surface area (Å²) in [6.45, 7) is -0.736. The Labute approximate surface area is 136 Å². The summed E-state index contributed by atoms with van der Waals surface area (Å²) in [7, 11) is -4.41. The van der Waals surface area contributed by atoms with Crippen molar-refractivity contribution in [1.29, 1.82) is 0 Å². The highest BCUT2D eigenvalue weighted by Crippen LogP contribution is 2.28. The van der Waals surface area contributed by atoms with Crippen molar-refractivity contribution in [2.45, 2.75) is 30.0 Å². The van der Waals surface area contributed by atoms with Gasteiger partial charge in [-0.15, -0.1) is 0 Å². The number of piperidine rings is 1. The second-order valence-electron chi connectivity index (χ2n) is 5.40. The summed E-state index contributed by atoms with van der Waals surface area (Å²) in [6.07, 6.45) is -4.15. The number of hydrogen-bond acceptors (Lipinski definition) is 5. The average molecular weight is 367 g/mol. The van der Waals surface area contributed by atoms with E-state index in [4.69, 9.17) is 0 Å². The molecule has 7 nitrogen and oxygen atoms in total. The molecule has 0 atom stereocenters. The van der Waals surface area contributed by atoms with Gasteiger partial charge in [-0.3, -0.25) is 10.1 Å². The highest BCUT2D eigenvalue weighted by atomic mass is 32.2. The van der Waals surface area contributed by atoms with Crippen LogP contribution in [0.3, 0.4) is 0 Å². The van der Waals surface area contributed by atoms with Gasteiger partial charge in [0, 0.05) is 18.2 Å². The van der Waals surface area contributed by atoms with E-state index in [0.717, 1.165) is 24.3 Å². The van der Waals surface area contributed by atoms with Crippen LogP contribution in [-0.4, -0.2) is 49.5 Å². The van der Waals surface area contributed by atoms with Crippen LogP contribution >= 0.6 is 0 Å². The molecule has 0 saturated carbocycles. The molecule has 1 heterocycles. The maximum Gasteiger partial charge on any atom is 0.402 e. The van der Waals surface area contributed by atoms with Crippen molar-refractivity contribution in [3.63, 3.8) is 0 Å². The highest BCUT2D eigenvalue weighted by molar-refractivity contribution is 7.89. The van der Waals surface area contributed by atoms with E-state index in [1.54, 1.807) is 0 Å². The number of nitro benzene ring substituents is 1. The summed E-state index contributed by atoms with van der Waals surface area (Å²) in [5.74, 6) is 0. The van der Waals surface area contributed by atoms with Crippen molar-refractivity contribution in [3.8, 4) is 0 Å². The molecule has 1 aliphatic rings. The molecule has 0 unspecified atom stereocenters. The quantitative estimate of drug-likeness (QED) is 0.634. The first kappa shape index (κ1) is 18.6. The number of rotatable bonds is 5. The Morgan fingerprint density at radius 1 is 1.21 bits per heavy atom. The third-order valence-corrected chi connectivity index (χ3v) is 5.62. The molecule has 1 aromatic rings. The highest BCUT2D eigenvalue weighted by Gasteiger charge is 2.41. The second kappa shape index (κ2) is 7.03. The number of nitrogens with one attached hydrogen (secondary N) is 1. The predicted octanol–water partition coefficient (Wildman–Crippen LogP) is 1.90. The number of hydrogen-bond donors (Lipinski definition) is 1. The van der Waals surface area contributed by atoms with Gasteiger partial charge in [0.15, 0.2) is 0 Å². The average Bonchev–Trinajstić information content (AvgIpc) is 2.52. The largest absolute Gasteiger partial charge is 0.402 e. The minimum absolute atomic E-state index is 0.266. The van der Waals surface area contributed by atoms with Gasteiger partial charge >= 0.3 is 6.18 Å². The number of halogens is 3. The van der Waals surface area contributed by atoms with Gasteiger partial charge in [-0.1, -0.05) is 0 Å². The van der Waals surface area contributed by atoms with Gasteiger partial charge in [-0.25, -0.2) is 8.42 Å². The molecule has 24 heavy (non-hydrogen) atoms. The number of sulfonamides is 1. The van der Waals surface area contributed by atoms with E-state index in [9.17, 15) is 31.7 Å². The fraction of sp³-hybridized carbons (Fsp3) is 0.538. The zero-order valence-corrected chi connectivity index (χ0v) is 13.3. The number of nitrogens with zero attached hydrogens (tertiary/aromatic N) is 2. The van der Waals surface area contributed by atoms with Crippen molar-refractivity contribution in [2.75, 3.05) is 19.6 Å². The Balaban J connectivity index is 2.36. The summed E-state index contributed by atoms with van der Waals surface area (Å²) in [5.41, 5.74) is -0.335. The zero-order valence-electron chi connectivity index (χ0n) is 12.5. The summed E-state index contributed by atoms with van der Waals surface area (Å²) < 4.78 is 64.3. The number of nitro groups is 1. The van der Waals surface area contributed by atoms with E-state index < -0.39 is 38.6 Å². The molecule has 0 bridgehead atoms. The smallest absolute Gasteiger partial charge is 0.317 e. The van der Waals surface area contributed by atoms with E-state index in [-0.39, 0.29) is 18.5 Å². The lowest BCUT2D eigenvalue weighted by atomic mass is 10.1. The summed E-state index contributed by atoms with van der Waals surface area (Å²) in [4.78, 5) is 9.52. The van der Waals surface area contributed by atoms with Gasteiger partial charge in [-0.05, 0) is 38.1 Å². The number of benzene rings is 1. The number of alkyl halides is 3. The fourth-order valence-corrected chi connectivity index (χ4v) is 4.23. The lowest BCUT2D eigenvalue weighted by molar-refractivity contribution is -0.384. The molecular formula is C13H16F3N3O4S. The van der Waals surface area contributed by atoms with Crippen LogP contribution in [0.1, 0.15) is 12.8 Å². The van der Waals surface area contributed by atoms with E-state index in [2.05, 4.69) is 5.32 Å². The minimum Gasteiger partial charge on any atom is -0.317 e. The van der Waals surface area contributed by atoms with E-state index in [0.29, 0.717) is 17.4 Å². The van der Waals surface area contributed by atoms with Gasteiger partial charge in [0.05, 0.1) is 9.82 Å². The van der Waals surface area contributed by atoms with Gasteiger partial charge in [-0.2, -0.15) is 17.5 Å². The topological polar surface area (TPSA) is 92.5 Å². The number of non-ortho nitro benzene ring substituents is 1. The van der Waals surface area contributed by atoms with Crippen molar-refractivity contribution in [2.24, 2.45) is 0 Å². The normalized spacial score (nSPS) is 17.2. The van der Waals surface area contributed by atoms with Gasteiger partial charge in [0.25, 0.3) is 5.69 Å². The fourth-order valence-electron chi connectivity index (χ4n) is 2.56. The van der Waals surface area contributed by atoms with Crippen molar-refractivity contribution >= 4 is 15.7 Å². The van der Waals surface area contributed by atoms with Crippen molar-refractivity contribution in [3.05, 3.63) is 34.4 Å².